The minimum Gasteiger partial charge on any atom is -0.507 e. The van der Waals surface area contributed by atoms with Crippen LogP contribution >= 0.6 is 0 Å². The van der Waals surface area contributed by atoms with Crippen LogP contribution in [0.2, 0.25) is 0 Å². The summed E-state index contributed by atoms with van der Waals surface area (Å²) in [7, 11) is 1.91. The van der Waals surface area contributed by atoms with E-state index in [1.54, 1.807) is 18.6 Å². The molecule has 0 radical (unpaired) electrons. The number of aromatic nitrogens is 4. The van der Waals surface area contributed by atoms with Crippen molar-refractivity contribution < 1.29 is 9.50 Å². The van der Waals surface area contributed by atoms with Gasteiger partial charge in [0.1, 0.15) is 11.9 Å². The molecule has 2 aromatic heterocycles. The molecular formula is C22H24FN5O. The van der Waals surface area contributed by atoms with Gasteiger partial charge in [0.2, 0.25) is 0 Å². The van der Waals surface area contributed by atoms with Crippen molar-refractivity contribution in [3.63, 3.8) is 0 Å². The molecule has 2 fully saturated rings. The molecule has 150 valence electrons. The van der Waals surface area contributed by atoms with E-state index >= 15 is 0 Å². The first kappa shape index (κ1) is 18.1. The lowest BCUT2D eigenvalue weighted by atomic mass is 9.83. The summed E-state index contributed by atoms with van der Waals surface area (Å²) in [5.41, 5.74) is 2.00. The normalized spacial score (nSPS) is 25.9. The molecular weight excluding hydrogens is 369 g/mol. The molecule has 0 saturated heterocycles. The molecule has 0 aliphatic heterocycles. The second-order valence-corrected chi connectivity index (χ2v) is 8.25. The number of anilines is 1. The molecule has 2 saturated carbocycles. The van der Waals surface area contributed by atoms with Crippen LogP contribution in [-0.4, -0.2) is 44.1 Å². The Kier molecular flexibility index (Phi) is 4.45. The van der Waals surface area contributed by atoms with Gasteiger partial charge >= 0.3 is 0 Å². The highest BCUT2D eigenvalue weighted by Gasteiger charge is 2.44. The van der Waals surface area contributed by atoms with E-state index in [2.05, 4.69) is 15.2 Å². The Morgan fingerprint density at radius 3 is 2.76 bits per heavy atom. The van der Waals surface area contributed by atoms with Crippen LogP contribution < -0.4 is 4.90 Å². The van der Waals surface area contributed by atoms with Crippen molar-refractivity contribution in [2.24, 2.45) is 11.8 Å². The highest BCUT2D eigenvalue weighted by molar-refractivity contribution is 5.69. The maximum atomic E-state index is 14.9. The van der Waals surface area contributed by atoms with Crippen molar-refractivity contribution in [2.75, 3.05) is 11.9 Å². The second-order valence-electron chi connectivity index (χ2n) is 8.25. The molecule has 2 heterocycles. The Morgan fingerprint density at radius 1 is 1.14 bits per heavy atom. The molecule has 29 heavy (non-hydrogen) atoms. The number of halogens is 1. The summed E-state index contributed by atoms with van der Waals surface area (Å²) in [4.78, 5) is 5.96. The maximum absolute atomic E-state index is 14.9. The first-order valence-corrected chi connectivity index (χ1v) is 10.1. The lowest BCUT2D eigenvalue weighted by Crippen LogP contribution is -2.46. The number of fused-ring (bicyclic) bond motifs is 2. The van der Waals surface area contributed by atoms with Crippen LogP contribution in [0.3, 0.4) is 0 Å². The first-order valence-electron chi connectivity index (χ1n) is 10.1. The number of alkyl halides is 1. The van der Waals surface area contributed by atoms with E-state index in [0.29, 0.717) is 23.0 Å². The Labute approximate surface area is 169 Å². The predicted octanol–water partition coefficient (Wildman–Crippen LogP) is 4.00. The summed E-state index contributed by atoms with van der Waals surface area (Å²) in [6.07, 6.45) is 8.44. The van der Waals surface area contributed by atoms with Crippen LogP contribution in [0.15, 0.2) is 49.1 Å². The maximum Gasteiger partial charge on any atom is 0.151 e. The van der Waals surface area contributed by atoms with Crippen LogP contribution in [0.1, 0.15) is 25.7 Å². The molecule has 1 aromatic carbocycles. The molecule has 7 heteroatoms. The summed E-state index contributed by atoms with van der Waals surface area (Å²) < 4.78 is 16.7. The molecule has 3 aromatic rings. The van der Waals surface area contributed by atoms with Crippen molar-refractivity contribution in [1.29, 1.82) is 0 Å². The van der Waals surface area contributed by atoms with Gasteiger partial charge in [-0.05, 0) is 61.8 Å². The highest BCUT2D eigenvalue weighted by atomic mass is 19.1. The van der Waals surface area contributed by atoms with Crippen molar-refractivity contribution in [2.45, 2.75) is 37.9 Å². The number of hydrogen-bond donors (Lipinski definition) is 1. The molecule has 1 N–H and O–H groups in total. The number of aromatic hydroxyl groups is 1. The number of hydrogen-bond acceptors (Lipinski definition) is 5. The molecule has 2 aliphatic rings. The zero-order valence-corrected chi connectivity index (χ0v) is 16.3. The lowest BCUT2D eigenvalue weighted by molar-refractivity contribution is 0.144. The van der Waals surface area contributed by atoms with E-state index < -0.39 is 6.17 Å². The summed E-state index contributed by atoms with van der Waals surface area (Å²) in [6, 6.07) is 8.93. The van der Waals surface area contributed by atoms with E-state index in [4.69, 9.17) is 0 Å². The van der Waals surface area contributed by atoms with Gasteiger partial charge in [0.25, 0.3) is 0 Å². The first-order chi connectivity index (χ1) is 14.1. The average Bonchev–Trinajstić information content (AvgIpc) is 3.41. The molecule has 2 aliphatic carbocycles. The van der Waals surface area contributed by atoms with Gasteiger partial charge in [-0.3, -0.25) is 0 Å². The van der Waals surface area contributed by atoms with Gasteiger partial charge in [-0.25, -0.2) is 9.37 Å². The van der Waals surface area contributed by atoms with Gasteiger partial charge in [-0.15, -0.1) is 10.2 Å². The van der Waals surface area contributed by atoms with E-state index in [1.165, 1.54) is 0 Å². The number of rotatable bonds is 4. The number of benzene rings is 1. The second kappa shape index (κ2) is 7.13. The van der Waals surface area contributed by atoms with Gasteiger partial charge in [-0.2, -0.15) is 0 Å². The van der Waals surface area contributed by atoms with Crippen molar-refractivity contribution in [3.8, 4) is 22.7 Å². The third kappa shape index (κ3) is 3.24. The van der Waals surface area contributed by atoms with Gasteiger partial charge in [0.15, 0.2) is 5.82 Å². The molecule has 6 nitrogen and oxygen atoms in total. The Morgan fingerprint density at radius 2 is 2.03 bits per heavy atom. The van der Waals surface area contributed by atoms with Crippen LogP contribution in [0.4, 0.5) is 10.2 Å². The smallest absolute Gasteiger partial charge is 0.151 e. The van der Waals surface area contributed by atoms with Crippen molar-refractivity contribution >= 4 is 5.82 Å². The lowest BCUT2D eigenvalue weighted by Gasteiger charge is -2.38. The Bertz CT molecular complexity index is 991. The third-order valence-electron chi connectivity index (χ3n) is 6.54. The number of imidazole rings is 1. The monoisotopic (exact) mass is 393 g/mol. The molecule has 0 amide bonds. The minimum atomic E-state index is -0.806. The van der Waals surface area contributed by atoms with Crippen LogP contribution in [0.25, 0.3) is 16.9 Å². The minimum absolute atomic E-state index is 0.124. The Balaban J connectivity index is 1.36. The molecule has 4 atom stereocenters. The SMILES string of the molecule is CN(c1ccc(-c2ccc(-n3ccnc3)cc2O)nn1)[C@@H]1C[C@H]2CC[C@H](C2)[C@@H]1F. The number of nitrogens with zero attached hydrogens (tertiary/aromatic N) is 5. The number of phenols is 1. The van der Waals surface area contributed by atoms with Crippen LogP contribution in [0.5, 0.6) is 5.75 Å². The molecule has 5 rings (SSSR count). The van der Waals surface area contributed by atoms with E-state index in [9.17, 15) is 9.50 Å². The fourth-order valence-electron chi connectivity index (χ4n) is 4.91. The fourth-order valence-corrected chi connectivity index (χ4v) is 4.91. The summed E-state index contributed by atoms with van der Waals surface area (Å²) in [5, 5.41) is 19.1. The van der Waals surface area contributed by atoms with Crippen molar-refractivity contribution in [1.82, 2.24) is 19.7 Å². The van der Waals surface area contributed by atoms with Gasteiger partial charge in [0, 0.05) is 31.1 Å². The standard InChI is InChI=1S/C22H24FN5O/c1-27(19-11-14-2-3-15(10-14)22(19)23)21-7-6-18(25-26-21)17-5-4-16(12-20(17)29)28-9-8-24-13-28/h4-9,12-15,19,22,29H,2-3,10-11H2,1H3/t14-,15+,19+,22-/m0/s1. The van der Waals surface area contributed by atoms with Crippen LogP contribution in [-0.2, 0) is 0 Å². The van der Waals surface area contributed by atoms with E-state index in [1.807, 2.05) is 47.0 Å². The molecule has 0 unspecified atom stereocenters. The summed E-state index contributed by atoms with van der Waals surface area (Å²) >= 11 is 0. The number of phenolic OH excluding ortho intramolecular Hbond substituents is 1. The molecule has 0 spiro atoms. The predicted molar refractivity (Wildman–Crippen MR) is 109 cm³/mol. The van der Waals surface area contributed by atoms with E-state index in [0.717, 1.165) is 31.4 Å². The summed E-state index contributed by atoms with van der Waals surface area (Å²) in [6.45, 7) is 0. The quantitative estimate of drug-likeness (QED) is 0.726. The van der Waals surface area contributed by atoms with Gasteiger partial charge < -0.3 is 14.6 Å². The zero-order chi connectivity index (χ0) is 20.0. The third-order valence-corrected chi connectivity index (χ3v) is 6.54. The Hall–Kier alpha value is -2.96. The topological polar surface area (TPSA) is 67.1 Å². The fraction of sp³-hybridized carbons (Fsp3) is 0.409. The van der Waals surface area contributed by atoms with Crippen molar-refractivity contribution in [3.05, 3.63) is 49.1 Å². The van der Waals surface area contributed by atoms with Crippen LogP contribution in [0, 0.1) is 11.8 Å². The van der Waals surface area contributed by atoms with Gasteiger partial charge in [0.05, 0.1) is 23.8 Å². The molecule has 2 bridgehead atoms. The largest absolute Gasteiger partial charge is 0.507 e. The van der Waals surface area contributed by atoms with Gasteiger partial charge in [-0.1, -0.05) is 0 Å². The summed E-state index contributed by atoms with van der Waals surface area (Å²) in [5.74, 6) is 1.62. The zero-order valence-electron chi connectivity index (χ0n) is 16.3. The average molecular weight is 393 g/mol. The van der Waals surface area contributed by atoms with E-state index in [-0.39, 0.29) is 17.7 Å². The highest BCUT2D eigenvalue weighted by Crippen LogP contribution is 2.45.